The molecule has 1 heterocycles. The fourth-order valence-electron chi connectivity index (χ4n) is 11.5. The molecule has 3 aromatic carbocycles. The number of Topliss-reactive ketones (excluding diaryl/α,β-unsaturated/α-hetero) is 1. The molecule has 4 aliphatic carbocycles. The lowest BCUT2D eigenvalue weighted by atomic mass is 9.44. The van der Waals surface area contributed by atoms with Gasteiger partial charge in [-0.25, -0.2) is 4.39 Å². The Morgan fingerprint density at radius 3 is 2.39 bits per heavy atom. The van der Waals surface area contributed by atoms with Gasteiger partial charge in [0.05, 0.1) is 31.0 Å². The van der Waals surface area contributed by atoms with Gasteiger partial charge in [0.25, 0.3) is 0 Å². The largest absolute Gasteiger partial charge is 0.461 e. The van der Waals surface area contributed by atoms with Crippen molar-refractivity contribution < 1.29 is 52.4 Å². The van der Waals surface area contributed by atoms with Crippen LogP contribution in [0.5, 0.6) is 0 Å². The summed E-state index contributed by atoms with van der Waals surface area (Å²) < 4.78 is 41.4. The molecule has 1 aliphatic heterocycles. The highest BCUT2D eigenvalue weighted by Crippen LogP contribution is 2.72. The summed E-state index contributed by atoms with van der Waals surface area (Å²) in [5.74, 6) is -5.16. The molecule has 12 nitrogen and oxygen atoms in total. The molecule has 0 aromatic heterocycles. The van der Waals surface area contributed by atoms with Crippen molar-refractivity contribution >= 4 is 45.9 Å². The molecule has 4 fully saturated rings. The molecular formula is C49H55FN2O10. The summed E-state index contributed by atoms with van der Waals surface area (Å²) in [5.41, 5.74) is 2.63. The summed E-state index contributed by atoms with van der Waals surface area (Å²) in [6, 6.07) is 20.8. The van der Waals surface area contributed by atoms with E-state index in [1.165, 1.54) is 12.2 Å². The monoisotopic (exact) mass is 850 g/mol. The van der Waals surface area contributed by atoms with Crippen LogP contribution in [-0.2, 0) is 49.5 Å². The van der Waals surface area contributed by atoms with Gasteiger partial charge in [0, 0.05) is 22.4 Å². The minimum Gasteiger partial charge on any atom is -0.461 e. The maximum Gasteiger partial charge on any atom is 0.306 e. The van der Waals surface area contributed by atoms with Crippen molar-refractivity contribution in [2.24, 2.45) is 28.4 Å². The lowest BCUT2D eigenvalue weighted by molar-refractivity contribution is -0.246. The van der Waals surface area contributed by atoms with E-state index in [9.17, 15) is 29.1 Å². The topological polar surface area (TPSA) is 181 Å². The minimum atomic E-state index is -2.10. The number of benzene rings is 3. The van der Waals surface area contributed by atoms with Crippen molar-refractivity contribution in [3.05, 3.63) is 102 Å². The molecule has 13 heteroatoms. The van der Waals surface area contributed by atoms with E-state index in [2.05, 4.69) is 5.32 Å². The quantitative estimate of drug-likeness (QED) is 0.156. The van der Waals surface area contributed by atoms with Gasteiger partial charge in [-0.05, 0) is 112 Å². The molecule has 328 valence electrons. The summed E-state index contributed by atoms with van der Waals surface area (Å²) in [4.78, 5) is 65.7. The standard InChI is InChI=1S/C49H55FN2O10/c1-45(2)61-41-25-38-37-16-14-33-24-35(53)19-21-46(33,3)48(37,50)39(54)26-47(38,4)49(41,62-45)40(55)28-60-43(57)18-17-42(56)59-27-29-9-11-31(12-10-29)36(20-22-51)44(58)52-34-15-13-30-7-5-6-8-32(30)23-34/h5-13,15,19,21,23-24,36-39,41,54H,14,16-18,20,22,25-28,51H2,1-4H3,(H,52,58)/t36?,37-,38-,39-,41+,46-,47-,48-,49+/m0/s1. The molecule has 5 aliphatic rings. The summed E-state index contributed by atoms with van der Waals surface area (Å²) in [6.45, 7) is 6.53. The van der Waals surface area contributed by atoms with Gasteiger partial charge in [-0.2, -0.15) is 0 Å². The highest BCUT2D eigenvalue weighted by molar-refractivity contribution is 6.01. The molecule has 0 spiro atoms. The zero-order valence-electron chi connectivity index (χ0n) is 35.6. The van der Waals surface area contributed by atoms with Gasteiger partial charge < -0.3 is 35.1 Å². The van der Waals surface area contributed by atoms with Crippen LogP contribution in [0.2, 0.25) is 0 Å². The Morgan fingerprint density at radius 1 is 0.952 bits per heavy atom. The number of hydrogen-bond donors (Lipinski definition) is 3. The zero-order chi connectivity index (χ0) is 44.2. The number of fused-ring (bicyclic) bond motifs is 8. The number of allylic oxidation sites excluding steroid dienone is 4. The fourth-order valence-corrected chi connectivity index (χ4v) is 11.5. The Bertz CT molecular complexity index is 2360. The molecule has 1 amide bonds. The molecule has 62 heavy (non-hydrogen) atoms. The maximum atomic E-state index is 17.7. The minimum absolute atomic E-state index is 0.0631. The van der Waals surface area contributed by atoms with Crippen LogP contribution in [0.1, 0.15) is 89.7 Å². The number of anilines is 1. The zero-order valence-corrected chi connectivity index (χ0v) is 35.6. The van der Waals surface area contributed by atoms with Gasteiger partial charge in [-0.15, -0.1) is 0 Å². The first kappa shape index (κ1) is 43.6. The average molecular weight is 851 g/mol. The maximum absolute atomic E-state index is 17.7. The molecule has 0 bridgehead atoms. The number of aliphatic hydroxyl groups excluding tert-OH is 1. The second-order valence-corrected chi connectivity index (χ2v) is 18.5. The Morgan fingerprint density at radius 2 is 1.66 bits per heavy atom. The van der Waals surface area contributed by atoms with Gasteiger partial charge in [-0.1, -0.05) is 73.2 Å². The number of alkyl halides is 1. The normalized spacial score (nSPS) is 32.1. The highest BCUT2D eigenvalue weighted by Gasteiger charge is 2.80. The van der Waals surface area contributed by atoms with Crippen LogP contribution in [0.4, 0.5) is 10.1 Å². The van der Waals surface area contributed by atoms with Crippen LogP contribution in [0.15, 0.2) is 90.5 Å². The van der Waals surface area contributed by atoms with E-state index in [0.29, 0.717) is 49.1 Å². The lowest BCUT2D eigenvalue weighted by Gasteiger charge is -2.62. The Kier molecular flexibility index (Phi) is 11.4. The van der Waals surface area contributed by atoms with E-state index in [0.717, 1.165) is 16.3 Å². The SMILES string of the molecule is CC1(C)O[C@@H]2C[C@H]3[C@@H]4CCC5=CC(=O)C=C[C@]5(C)[C@@]4(F)[C@@H](O)C[C@]3(C)[C@]2(C(=O)COC(=O)CCC(=O)OCc2ccc(C(CCN)C(=O)Nc3ccc4ccccc4c3)cc2)O1. The molecule has 1 unspecified atom stereocenters. The van der Waals surface area contributed by atoms with Crippen LogP contribution in [0.25, 0.3) is 10.8 Å². The van der Waals surface area contributed by atoms with E-state index in [1.807, 2.05) is 49.4 Å². The highest BCUT2D eigenvalue weighted by atomic mass is 19.1. The lowest BCUT2D eigenvalue weighted by Crippen LogP contribution is -2.70. The third-order valence-corrected chi connectivity index (χ3v) is 14.5. The number of aliphatic hydroxyl groups is 1. The smallest absolute Gasteiger partial charge is 0.306 e. The summed E-state index contributed by atoms with van der Waals surface area (Å²) in [5, 5.41) is 16.9. The van der Waals surface area contributed by atoms with E-state index in [1.54, 1.807) is 51.1 Å². The molecule has 9 atom stereocenters. The van der Waals surface area contributed by atoms with Crippen molar-refractivity contribution in [1.82, 2.24) is 0 Å². The average Bonchev–Trinajstić information content (AvgIpc) is 3.66. The van der Waals surface area contributed by atoms with Gasteiger partial charge in [-0.3, -0.25) is 24.0 Å². The summed E-state index contributed by atoms with van der Waals surface area (Å²) >= 11 is 0. The fraction of sp³-hybridized carbons (Fsp3) is 0.490. The number of esters is 2. The van der Waals surface area contributed by atoms with Crippen LogP contribution in [0, 0.1) is 22.7 Å². The third-order valence-electron chi connectivity index (χ3n) is 14.5. The number of rotatable bonds is 13. The number of nitrogens with two attached hydrogens (primary N) is 1. The van der Waals surface area contributed by atoms with E-state index < -0.39 is 82.2 Å². The first-order valence-electron chi connectivity index (χ1n) is 21.6. The predicted octanol–water partition coefficient (Wildman–Crippen LogP) is 6.72. The number of carbonyl (C=O) groups is 5. The third kappa shape index (κ3) is 7.30. The number of hydrogen-bond acceptors (Lipinski definition) is 11. The Balaban J connectivity index is 0.854. The van der Waals surface area contributed by atoms with Crippen molar-refractivity contribution in [3.63, 3.8) is 0 Å². The van der Waals surface area contributed by atoms with E-state index in [-0.39, 0.29) is 37.6 Å². The molecular weight excluding hydrogens is 796 g/mol. The Hall–Kier alpha value is -5.08. The number of ketones is 2. The van der Waals surface area contributed by atoms with Crippen molar-refractivity contribution in [2.75, 3.05) is 18.5 Å². The van der Waals surface area contributed by atoms with Crippen LogP contribution in [0.3, 0.4) is 0 Å². The summed E-state index contributed by atoms with van der Waals surface area (Å²) in [6.07, 6.45) is 2.96. The molecule has 3 saturated carbocycles. The Labute approximate surface area is 360 Å². The molecule has 4 N–H and O–H groups in total. The van der Waals surface area contributed by atoms with Gasteiger partial charge in [0.1, 0.15) is 6.61 Å². The second kappa shape index (κ2) is 16.2. The van der Waals surface area contributed by atoms with Crippen molar-refractivity contribution in [3.8, 4) is 0 Å². The first-order chi connectivity index (χ1) is 29.4. The first-order valence-corrected chi connectivity index (χ1v) is 21.6. The molecule has 1 saturated heterocycles. The van der Waals surface area contributed by atoms with Crippen LogP contribution >= 0.6 is 0 Å². The molecule has 3 aromatic rings. The van der Waals surface area contributed by atoms with Gasteiger partial charge in [0.15, 0.2) is 29.4 Å². The van der Waals surface area contributed by atoms with Crippen LogP contribution < -0.4 is 11.1 Å². The van der Waals surface area contributed by atoms with E-state index >= 15 is 4.39 Å². The summed E-state index contributed by atoms with van der Waals surface area (Å²) in [7, 11) is 0. The van der Waals surface area contributed by atoms with Crippen LogP contribution in [-0.4, -0.2) is 76.9 Å². The van der Waals surface area contributed by atoms with Crippen molar-refractivity contribution in [1.29, 1.82) is 0 Å². The predicted molar refractivity (Wildman–Crippen MR) is 227 cm³/mol. The number of carbonyl (C=O) groups excluding carboxylic acids is 5. The van der Waals surface area contributed by atoms with Gasteiger partial charge >= 0.3 is 11.9 Å². The number of amides is 1. The molecule has 8 rings (SSSR count). The molecule has 0 radical (unpaired) electrons. The number of ether oxygens (including phenoxy) is 4. The van der Waals surface area contributed by atoms with Crippen molar-refractivity contribution in [2.45, 2.75) is 114 Å². The second-order valence-electron chi connectivity index (χ2n) is 18.5. The van der Waals surface area contributed by atoms with Gasteiger partial charge in [0.2, 0.25) is 11.7 Å². The van der Waals surface area contributed by atoms with E-state index in [4.69, 9.17) is 24.7 Å². The number of nitrogens with one attached hydrogen (secondary N) is 1. The number of halogens is 1.